The van der Waals surface area contributed by atoms with Crippen LogP contribution in [0.3, 0.4) is 0 Å². The monoisotopic (exact) mass is 403 g/mol. The number of hydrogen-bond acceptors (Lipinski definition) is 4. The number of hydrogen-bond donors (Lipinski definition) is 1. The Bertz CT molecular complexity index is 1100. The molecule has 3 aromatic rings. The summed E-state index contributed by atoms with van der Waals surface area (Å²) in [6.45, 7) is 4.80. The first-order valence-corrected chi connectivity index (χ1v) is 10.0. The van der Waals surface area contributed by atoms with Crippen LogP contribution in [0.25, 0.3) is 5.69 Å². The summed E-state index contributed by atoms with van der Waals surface area (Å²) in [7, 11) is -3.85. The van der Waals surface area contributed by atoms with Crippen molar-refractivity contribution in [3.8, 4) is 5.69 Å². The molecule has 2 aromatic carbocycles. The number of nitrogens with one attached hydrogen (secondary N) is 1. The Morgan fingerprint density at radius 2 is 1.63 bits per heavy atom. The van der Waals surface area contributed by atoms with Gasteiger partial charge in [-0.25, -0.2) is 13.1 Å². The van der Waals surface area contributed by atoms with E-state index in [9.17, 15) is 13.2 Å². The van der Waals surface area contributed by atoms with Crippen LogP contribution in [0, 0.1) is 13.8 Å². The molecule has 27 heavy (non-hydrogen) atoms. The molecule has 1 heterocycles. The van der Waals surface area contributed by atoms with E-state index in [1.807, 2.05) is 0 Å². The van der Waals surface area contributed by atoms with Crippen LogP contribution in [0.2, 0.25) is 5.02 Å². The minimum Gasteiger partial charge on any atom is -0.295 e. The average molecular weight is 404 g/mol. The second-order valence-corrected chi connectivity index (χ2v) is 8.18. The number of nitrogens with zero attached hydrogens (tertiary/aromatic N) is 2. The van der Waals surface area contributed by atoms with Crippen molar-refractivity contribution in [3.05, 3.63) is 70.5 Å². The number of aromatic nitrogens is 2. The molecule has 0 aliphatic heterocycles. The molecule has 1 N–H and O–H groups in total. The fraction of sp³-hybridized carbons (Fsp3) is 0.158. The van der Waals surface area contributed by atoms with E-state index >= 15 is 0 Å². The van der Waals surface area contributed by atoms with Gasteiger partial charge in [-0.15, -0.1) is 0 Å². The molecule has 0 aliphatic carbocycles. The summed E-state index contributed by atoms with van der Waals surface area (Å²) < 4.78 is 29.9. The smallest absolute Gasteiger partial charge is 0.265 e. The maximum atomic E-state index is 12.9. The Morgan fingerprint density at radius 3 is 2.19 bits per heavy atom. The molecule has 140 valence electrons. The summed E-state index contributed by atoms with van der Waals surface area (Å²) in [6, 6.07) is 13.3. The van der Waals surface area contributed by atoms with E-state index in [0.29, 0.717) is 33.3 Å². The number of benzene rings is 2. The van der Waals surface area contributed by atoms with Crippen LogP contribution in [0.15, 0.2) is 53.4 Å². The van der Waals surface area contributed by atoms with E-state index in [-0.39, 0.29) is 10.7 Å². The van der Waals surface area contributed by atoms with Crippen LogP contribution in [-0.2, 0) is 10.0 Å². The van der Waals surface area contributed by atoms with Crippen molar-refractivity contribution >= 4 is 33.1 Å². The number of anilines is 1. The predicted molar refractivity (Wildman–Crippen MR) is 105 cm³/mol. The van der Waals surface area contributed by atoms with Gasteiger partial charge in [0.1, 0.15) is 4.90 Å². The van der Waals surface area contributed by atoms with Gasteiger partial charge in [-0.1, -0.05) is 11.6 Å². The number of carbonyl (C=O) groups excluding carboxylic acids is 1. The minimum absolute atomic E-state index is 0.0830. The number of aryl methyl sites for hydroxylation is 1. The van der Waals surface area contributed by atoms with E-state index < -0.39 is 10.0 Å². The molecule has 0 spiro atoms. The van der Waals surface area contributed by atoms with Gasteiger partial charge in [-0.2, -0.15) is 5.10 Å². The van der Waals surface area contributed by atoms with Crippen molar-refractivity contribution in [2.45, 2.75) is 25.7 Å². The van der Waals surface area contributed by atoms with E-state index in [1.54, 1.807) is 67.1 Å². The molecule has 8 heteroatoms. The molecule has 0 bridgehead atoms. The highest BCUT2D eigenvalue weighted by Crippen LogP contribution is 2.25. The largest absolute Gasteiger partial charge is 0.295 e. The molecule has 0 amide bonds. The van der Waals surface area contributed by atoms with E-state index in [0.717, 1.165) is 0 Å². The van der Waals surface area contributed by atoms with Crippen LogP contribution in [-0.4, -0.2) is 24.0 Å². The van der Waals surface area contributed by atoms with Gasteiger partial charge in [0, 0.05) is 16.3 Å². The van der Waals surface area contributed by atoms with Gasteiger partial charge >= 0.3 is 0 Å². The van der Waals surface area contributed by atoms with Gasteiger partial charge in [-0.3, -0.25) is 9.52 Å². The van der Waals surface area contributed by atoms with Crippen LogP contribution in [0.1, 0.15) is 28.7 Å². The normalized spacial score (nSPS) is 11.4. The first-order valence-electron chi connectivity index (χ1n) is 8.15. The minimum atomic E-state index is -3.85. The summed E-state index contributed by atoms with van der Waals surface area (Å²) in [5.74, 6) is -0.0830. The van der Waals surface area contributed by atoms with Gasteiger partial charge < -0.3 is 0 Å². The Kier molecular flexibility index (Phi) is 5.08. The summed E-state index contributed by atoms with van der Waals surface area (Å²) in [6.07, 6.45) is 0. The lowest BCUT2D eigenvalue weighted by Gasteiger charge is -2.09. The maximum absolute atomic E-state index is 12.9. The molecule has 0 saturated heterocycles. The zero-order valence-corrected chi connectivity index (χ0v) is 16.6. The lowest BCUT2D eigenvalue weighted by molar-refractivity contribution is 0.101. The third-order valence-corrected chi connectivity index (χ3v) is 5.99. The van der Waals surface area contributed by atoms with Crippen LogP contribution >= 0.6 is 11.6 Å². The molecule has 0 atom stereocenters. The Hall–Kier alpha value is -2.64. The summed E-state index contributed by atoms with van der Waals surface area (Å²) in [5.41, 5.74) is 2.48. The molecule has 0 saturated carbocycles. The van der Waals surface area contributed by atoms with Gasteiger partial charge in [-0.05, 0) is 69.3 Å². The van der Waals surface area contributed by atoms with Crippen molar-refractivity contribution in [3.63, 3.8) is 0 Å². The van der Waals surface area contributed by atoms with Gasteiger partial charge in [0.25, 0.3) is 10.0 Å². The van der Waals surface area contributed by atoms with Crippen molar-refractivity contribution in [2.75, 3.05) is 4.72 Å². The number of carbonyl (C=O) groups is 1. The lowest BCUT2D eigenvalue weighted by Crippen LogP contribution is -2.15. The summed E-state index contributed by atoms with van der Waals surface area (Å²) >= 11 is 5.91. The zero-order valence-electron chi connectivity index (χ0n) is 15.0. The first-order chi connectivity index (χ1) is 12.7. The molecular weight excluding hydrogens is 386 g/mol. The molecule has 0 aliphatic rings. The highest BCUT2D eigenvalue weighted by Gasteiger charge is 2.25. The maximum Gasteiger partial charge on any atom is 0.265 e. The second kappa shape index (κ2) is 7.17. The highest BCUT2D eigenvalue weighted by atomic mass is 35.5. The first kappa shape index (κ1) is 19.1. The summed E-state index contributed by atoms with van der Waals surface area (Å²) in [5, 5.41) is 4.95. The third kappa shape index (κ3) is 3.89. The molecule has 0 fully saturated rings. The number of sulfonamides is 1. The van der Waals surface area contributed by atoms with Gasteiger partial charge in [0.2, 0.25) is 0 Å². The highest BCUT2D eigenvalue weighted by molar-refractivity contribution is 7.92. The Labute approximate surface area is 162 Å². The Balaban J connectivity index is 1.97. The quantitative estimate of drug-likeness (QED) is 0.649. The van der Waals surface area contributed by atoms with Crippen molar-refractivity contribution in [1.82, 2.24) is 9.78 Å². The molecular formula is C19H18ClN3O3S. The van der Waals surface area contributed by atoms with Crippen LogP contribution in [0.4, 0.5) is 5.69 Å². The molecule has 6 nitrogen and oxygen atoms in total. The fourth-order valence-corrected chi connectivity index (χ4v) is 4.41. The summed E-state index contributed by atoms with van der Waals surface area (Å²) in [4.78, 5) is 11.5. The van der Waals surface area contributed by atoms with Gasteiger partial charge in [0.15, 0.2) is 5.78 Å². The fourth-order valence-electron chi connectivity index (χ4n) is 2.83. The van der Waals surface area contributed by atoms with E-state index in [1.165, 1.54) is 6.92 Å². The zero-order chi connectivity index (χ0) is 19.8. The van der Waals surface area contributed by atoms with E-state index in [2.05, 4.69) is 9.82 Å². The second-order valence-electron chi connectivity index (χ2n) is 6.13. The van der Waals surface area contributed by atoms with E-state index in [4.69, 9.17) is 11.6 Å². The number of halogens is 1. The van der Waals surface area contributed by atoms with Gasteiger partial charge in [0.05, 0.1) is 17.1 Å². The van der Waals surface area contributed by atoms with Crippen LogP contribution < -0.4 is 4.72 Å². The lowest BCUT2D eigenvalue weighted by atomic mass is 10.1. The number of ketones is 1. The van der Waals surface area contributed by atoms with Crippen molar-refractivity contribution in [2.24, 2.45) is 0 Å². The molecule has 0 radical (unpaired) electrons. The average Bonchev–Trinajstić information content (AvgIpc) is 2.91. The van der Waals surface area contributed by atoms with Crippen molar-refractivity contribution in [1.29, 1.82) is 0 Å². The molecule has 3 rings (SSSR count). The topological polar surface area (TPSA) is 81.1 Å². The molecule has 1 aromatic heterocycles. The van der Waals surface area contributed by atoms with Crippen molar-refractivity contribution < 1.29 is 13.2 Å². The standard InChI is InChI=1S/C19H18ClN3O3S/c1-12-19(13(2)23(21-12)18-10-6-16(20)7-11-18)27(25,26)22-17-8-4-15(5-9-17)14(3)24/h4-11,22H,1-3H3. The van der Waals surface area contributed by atoms with Crippen LogP contribution in [0.5, 0.6) is 0 Å². The number of Topliss-reactive ketones (excluding diaryl/α,β-unsaturated/α-hetero) is 1. The predicted octanol–water partition coefficient (Wildman–Crippen LogP) is 4.15. The Morgan fingerprint density at radius 1 is 1.04 bits per heavy atom. The third-order valence-electron chi connectivity index (χ3n) is 4.11. The molecule has 0 unspecified atom stereocenters. The number of rotatable bonds is 5. The SMILES string of the molecule is CC(=O)c1ccc(NS(=O)(=O)c2c(C)nn(-c3ccc(Cl)cc3)c2C)cc1.